The average Bonchev–Trinajstić information content (AvgIpc) is 2.96. The molecule has 0 saturated heterocycles. The number of allylic oxidation sites excluding steroid dienone is 2. The molecule has 0 N–H and O–H groups in total. The number of nitrogens with zero attached hydrogens (tertiary/aromatic N) is 2. The van der Waals surface area contributed by atoms with Crippen LogP contribution in [0.2, 0.25) is 0 Å². The van der Waals surface area contributed by atoms with Crippen LogP contribution in [0.1, 0.15) is 37.9 Å². The molecule has 90 valence electrons. The van der Waals surface area contributed by atoms with E-state index in [9.17, 15) is 0 Å². The van der Waals surface area contributed by atoms with Crippen LogP contribution in [0.15, 0.2) is 35.2 Å². The van der Waals surface area contributed by atoms with Gasteiger partial charge in [-0.25, -0.2) is 0 Å². The lowest BCUT2D eigenvalue weighted by molar-refractivity contribution is 0.627. The molecule has 0 amide bonds. The summed E-state index contributed by atoms with van der Waals surface area (Å²) in [6.07, 6.45) is 4.12. The van der Waals surface area contributed by atoms with Crippen LogP contribution >= 0.6 is 11.3 Å². The molecular formula is C14H18N2S. The first-order valence-electron chi connectivity index (χ1n) is 5.89. The van der Waals surface area contributed by atoms with E-state index in [0.717, 1.165) is 6.54 Å². The number of hydrogen-bond acceptors (Lipinski definition) is 2. The Morgan fingerprint density at radius 1 is 1.47 bits per heavy atom. The van der Waals surface area contributed by atoms with E-state index in [1.165, 1.54) is 16.8 Å². The molecule has 0 aliphatic carbocycles. The fraction of sp³-hybridized carbons (Fsp3) is 0.357. The highest BCUT2D eigenvalue weighted by molar-refractivity contribution is 7.08. The molecule has 0 saturated carbocycles. The summed E-state index contributed by atoms with van der Waals surface area (Å²) < 4.78 is 2.07. The van der Waals surface area contributed by atoms with Gasteiger partial charge in [0.15, 0.2) is 0 Å². The van der Waals surface area contributed by atoms with E-state index < -0.39 is 0 Å². The van der Waals surface area contributed by atoms with E-state index in [2.05, 4.69) is 59.5 Å². The van der Waals surface area contributed by atoms with Crippen LogP contribution in [0, 0.1) is 0 Å². The summed E-state index contributed by atoms with van der Waals surface area (Å²) in [6.45, 7) is 7.40. The molecule has 0 aliphatic heterocycles. The van der Waals surface area contributed by atoms with Crippen LogP contribution in [0.3, 0.4) is 0 Å². The monoisotopic (exact) mass is 246 g/mol. The second-order valence-electron chi connectivity index (χ2n) is 4.49. The molecular weight excluding hydrogens is 228 g/mol. The van der Waals surface area contributed by atoms with Gasteiger partial charge in [-0.15, -0.1) is 0 Å². The highest BCUT2D eigenvalue weighted by Gasteiger charge is 2.05. The Labute approximate surface area is 107 Å². The van der Waals surface area contributed by atoms with Gasteiger partial charge in [-0.05, 0) is 46.9 Å². The zero-order valence-corrected chi connectivity index (χ0v) is 11.4. The van der Waals surface area contributed by atoms with E-state index >= 15 is 0 Å². The van der Waals surface area contributed by atoms with E-state index in [-0.39, 0.29) is 0 Å². The summed E-state index contributed by atoms with van der Waals surface area (Å²) in [4.78, 5) is 0. The molecule has 0 atom stereocenters. The van der Waals surface area contributed by atoms with Crippen LogP contribution in [-0.4, -0.2) is 9.78 Å². The molecule has 0 bridgehead atoms. The van der Waals surface area contributed by atoms with Crippen molar-refractivity contribution in [1.29, 1.82) is 0 Å². The summed E-state index contributed by atoms with van der Waals surface area (Å²) in [5, 5.41) is 8.66. The molecule has 2 nitrogen and oxygen atoms in total. The number of thiophene rings is 1. The molecule has 2 aromatic rings. The third-order valence-electron chi connectivity index (χ3n) is 2.89. The number of hydrogen-bond donors (Lipinski definition) is 0. The molecule has 2 aromatic heterocycles. The first-order valence-corrected chi connectivity index (χ1v) is 6.84. The molecule has 2 rings (SSSR count). The largest absolute Gasteiger partial charge is 0.266 e. The number of aromatic nitrogens is 2. The fourth-order valence-corrected chi connectivity index (χ4v) is 2.53. The molecule has 2 heterocycles. The summed E-state index contributed by atoms with van der Waals surface area (Å²) >= 11 is 1.74. The molecule has 0 aliphatic rings. The Morgan fingerprint density at radius 2 is 2.29 bits per heavy atom. The smallest absolute Gasteiger partial charge is 0.0599 e. The number of rotatable bonds is 4. The Hall–Kier alpha value is -1.35. The Bertz CT molecular complexity index is 492. The van der Waals surface area contributed by atoms with Gasteiger partial charge in [-0.3, -0.25) is 4.68 Å². The van der Waals surface area contributed by atoms with Gasteiger partial charge in [0, 0.05) is 11.9 Å². The zero-order valence-electron chi connectivity index (χ0n) is 10.6. The maximum absolute atomic E-state index is 4.37. The topological polar surface area (TPSA) is 17.8 Å². The molecule has 0 unspecified atom stereocenters. The highest BCUT2D eigenvalue weighted by Crippen LogP contribution is 2.18. The van der Waals surface area contributed by atoms with Crippen LogP contribution in [-0.2, 0) is 6.54 Å². The Morgan fingerprint density at radius 3 is 2.94 bits per heavy atom. The summed E-state index contributed by atoms with van der Waals surface area (Å²) in [7, 11) is 0. The third kappa shape index (κ3) is 2.86. The van der Waals surface area contributed by atoms with Crippen molar-refractivity contribution >= 4 is 16.9 Å². The van der Waals surface area contributed by atoms with Gasteiger partial charge < -0.3 is 0 Å². The van der Waals surface area contributed by atoms with Gasteiger partial charge in [0.2, 0.25) is 0 Å². The van der Waals surface area contributed by atoms with Gasteiger partial charge >= 0.3 is 0 Å². The predicted octanol–water partition coefficient (Wildman–Crippen LogP) is 4.17. The van der Waals surface area contributed by atoms with Crippen molar-refractivity contribution in [2.24, 2.45) is 0 Å². The summed E-state index contributed by atoms with van der Waals surface area (Å²) in [6, 6.07) is 4.25. The van der Waals surface area contributed by atoms with Crippen molar-refractivity contribution in [3.05, 3.63) is 46.4 Å². The molecule has 0 radical (unpaired) electrons. The quantitative estimate of drug-likeness (QED) is 0.791. The maximum atomic E-state index is 4.37. The molecule has 0 spiro atoms. The molecule has 17 heavy (non-hydrogen) atoms. The zero-order chi connectivity index (χ0) is 12.3. The molecule has 0 fully saturated rings. The van der Waals surface area contributed by atoms with Crippen LogP contribution in [0.25, 0.3) is 5.57 Å². The lowest BCUT2D eigenvalue weighted by Gasteiger charge is -2.08. The molecule has 0 aromatic carbocycles. The van der Waals surface area contributed by atoms with E-state index in [1.54, 1.807) is 11.3 Å². The van der Waals surface area contributed by atoms with Gasteiger partial charge in [0.1, 0.15) is 0 Å². The van der Waals surface area contributed by atoms with Crippen molar-refractivity contribution in [1.82, 2.24) is 9.78 Å². The second-order valence-corrected chi connectivity index (χ2v) is 5.27. The minimum absolute atomic E-state index is 0.521. The Kier molecular flexibility index (Phi) is 3.79. The van der Waals surface area contributed by atoms with Crippen molar-refractivity contribution in [2.75, 3.05) is 0 Å². The normalized spacial score (nSPS) is 12.4. The fourth-order valence-electron chi connectivity index (χ4n) is 1.82. The van der Waals surface area contributed by atoms with Crippen molar-refractivity contribution in [3.63, 3.8) is 0 Å². The third-order valence-corrected chi connectivity index (χ3v) is 3.57. The Balaban J connectivity index is 2.12. The van der Waals surface area contributed by atoms with Crippen molar-refractivity contribution in [3.8, 4) is 0 Å². The summed E-state index contributed by atoms with van der Waals surface area (Å²) in [5.41, 5.74) is 3.92. The van der Waals surface area contributed by atoms with Crippen LogP contribution in [0.4, 0.5) is 0 Å². The molecule has 3 heteroatoms. The first kappa shape index (κ1) is 12.1. The minimum atomic E-state index is 0.521. The van der Waals surface area contributed by atoms with Gasteiger partial charge in [-0.2, -0.15) is 16.4 Å². The van der Waals surface area contributed by atoms with E-state index in [4.69, 9.17) is 0 Å². The second kappa shape index (κ2) is 5.32. The van der Waals surface area contributed by atoms with E-state index in [0.29, 0.717) is 5.92 Å². The predicted molar refractivity (Wildman–Crippen MR) is 74.3 cm³/mol. The maximum Gasteiger partial charge on any atom is 0.0599 e. The SMILES string of the molecule is CC(=CCn1nccc1C(C)C)c1ccsc1. The summed E-state index contributed by atoms with van der Waals surface area (Å²) in [5.74, 6) is 0.521. The standard InChI is InChI=1S/C14H18N2S/c1-11(2)14-4-7-15-16(14)8-5-12(3)13-6-9-17-10-13/h4-7,9-11H,8H2,1-3H3. The van der Waals surface area contributed by atoms with Crippen molar-refractivity contribution < 1.29 is 0 Å². The van der Waals surface area contributed by atoms with E-state index in [1.807, 2.05) is 6.20 Å². The van der Waals surface area contributed by atoms with Gasteiger partial charge in [0.05, 0.1) is 6.54 Å². The lowest BCUT2D eigenvalue weighted by atomic mass is 10.1. The minimum Gasteiger partial charge on any atom is -0.266 e. The van der Waals surface area contributed by atoms with Crippen molar-refractivity contribution in [2.45, 2.75) is 33.2 Å². The highest BCUT2D eigenvalue weighted by atomic mass is 32.1. The lowest BCUT2D eigenvalue weighted by Crippen LogP contribution is -2.04. The average molecular weight is 246 g/mol. The van der Waals surface area contributed by atoms with Crippen LogP contribution < -0.4 is 0 Å². The van der Waals surface area contributed by atoms with Gasteiger partial charge in [-0.1, -0.05) is 19.9 Å². The van der Waals surface area contributed by atoms with Crippen LogP contribution in [0.5, 0.6) is 0 Å². The van der Waals surface area contributed by atoms with Gasteiger partial charge in [0.25, 0.3) is 0 Å². The first-order chi connectivity index (χ1) is 8.18.